The van der Waals surface area contributed by atoms with Gasteiger partial charge >= 0.3 is 0 Å². The summed E-state index contributed by atoms with van der Waals surface area (Å²) >= 11 is 0. The third-order valence-corrected chi connectivity index (χ3v) is 4.25. The highest BCUT2D eigenvalue weighted by Crippen LogP contribution is 2.27. The van der Waals surface area contributed by atoms with Gasteiger partial charge in [-0.15, -0.1) is 0 Å². The molecule has 0 amide bonds. The summed E-state index contributed by atoms with van der Waals surface area (Å²) in [6.45, 7) is 6.32. The molecule has 1 aliphatic rings. The first-order chi connectivity index (χ1) is 9.63. The smallest absolute Gasteiger partial charge is 0.139 e. The summed E-state index contributed by atoms with van der Waals surface area (Å²) in [6.07, 6.45) is 8.16. The summed E-state index contributed by atoms with van der Waals surface area (Å²) in [6, 6.07) is 1.93. The van der Waals surface area contributed by atoms with Crippen molar-refractivity contribution >= 4 is 11.7 Å². The van der Waals surface area contributed by atoms with E-state index in [-0.39, 0.29) is 5.84 Å². The number of nitrogens with one attached hydrogen (secondary N) is 1. The molecule has 1 aliphatic heterocycles. The highest BCUT2D eigenvalue weighted by atomic mass is 15.2. The van der Waals surface area contributed by atoms with Crippen molar-refractivity contribution in [3.8, 4) is 0 Å². The summed E-state index contributed by atoms with van der Waals surface area (Å²) in [7, 11) is 0. The number of aromatic nitrogens is 1. The van der Waals surface area contributed by atoms with Crippen LogP contribution in [0.4, 0.5) is 5.82 Å². The fraction of sp³-hybridized carbons (Fsp3) is 0.625. The van der Waals surface area contributed by atoms with Gasteiger partial charge in [-0.25, -0.2) is 4.98 Å². The van der Waals surface area contributed by atoms with E-state index < -0.39 is 0 Å². The van der Waals surface area contributed by atoms with Gasteiger partial charge in [0.2, 0.25) is 0 Å². The molecule has 0 bridgehead atoms. The molecule has 1 unspecified atom stereocenters. The SMILES string of the molecule is CCCC1CCCN(c2nccc(C)c2C(=N)N)CC1. The fourth-order valence-electron chi connectivity index (χ4n) is 3.19. The Labute approximate surface area is 121 Å². The minimum atomic E-state index is 0.125. The zero-order valence-corrected chi connectivity index (χ0v) is 12.7. The number of aryl methyl sites for hydroxylation is 1. The zero-order chi connectivity index (χ0) is 14.5. The van der Waals surface area contributed by atoms with Gasteiger partial charge in [0.15, 0.2) is 0 Å². The van der Waals surface area contributed by atoms with Crippen molar-refractivity contribution in [2.24, 2.45) is 11.7 Å². The van der Waals surface area contributed by atoms with Gasteiger partial charge in [0.25, 0.3) is 0 Å². The van der Waals surface area contributed by atoms with Crippen LogP contribution in [0.1, 0.15) is 50.2 Å². The number of nitrogen functional groups attached to an aromatic ring is 1. The molecular formula is C16H26N4. The fourth-order valence-corrected chi connectivity index (χ4v) is 3.19. The van der Waals surface area contributed by atoms with Crippen molar-refractivity contribution in [3.05, 3.63) is 23.4 Å². The van der Waals surface area contributed by atoms with Crippen molar-refractivity contribution in [1.82, 2.24) is 4.98 Å². The van der Waals surface area contributed by atoms with E-state index in [4.69, 9.17) is 11.1 Å². The van der Waals surface area contributed by atoms with Gasteiger partial charge in [0.1, 0.15) is 11.7 Å². The van der Waals surface area contributed by atoms with Crippen molar-refractivity contribution in [2.45, 2.75) is 46.0 Å². The average Bonchev–Trinajstić information content (AvgIpc) is 2.64. The Morgan fingerprint density at radius 1 is 1.45 bits per heavy atom. The first kappa shape index (κ1) is 14.8. The molecule has 20 heavy (non-hydrogen) atoms. The summed E-state index contributed by atoms with van der Waals surface area (Å²) in [4.78, 5) is 6.82. The van der Waals surface area contributed by atoms with Crippen LogP contribution in [0.2, 0.25) is 0 Å². The van der Waals surface area contributed by atoms with Crippen LogP contribution < -0.4 is 10.6 Å². The monoisotopic (exact) mass is 274 g/mol. The number of hydrogen-bond acceptors (Lipinski definition) is 3. The van der Waals surface area contributed by atoms with Crippen LogP contribution in [0.5, 0.6) is 0 Å². The van der Waals surface area contributed by atoms with Crippen molar-refractivity contribution in [1.29, 1.82) is 5.41 Å². The zero-order valence-electron chi connectivity index (χ0n) is 12.7. The number of nitrogens with zero attached hydrogens (tertiary/aromatic N) is 2. The third kappa shape index (κ3) is 3.30. The summed E-state index contributed by atoms with van der Waals surface area (Å²) in [5, 5.41) is 7.81. The maximum absolute atomic E-state index is 7.81. The van der Waals surface area contributed by atoms with E-state index in [1.54, 1.807) is 0 Å². The molecule has 110 valence electrons. The Balaban J connectivity index is 2.20. The average molecular weight is 274 g/mol. The van der Waals surface area contributed by atoms with Crippen LogP contribution in [0.25, 0.3) is 0 Å². The van der Waals surface area contributed by atoms with Crippen LogP contribution in [0.3, 0.4) is 0 Å². The lowest BCUT2D eigenvalue weighted by Gasteiger charge is -2.24. The molecule has 1 aromatic rings. The minimum Gasteiger partial charge on any atom is -0.384 e. The normalized spacial score (nSPS) is 19.7. The van der Waals surface area contributed by atoms with Gasteiger partial charge in [-0.3, -0.25) is 5.41 Å². The highest BCUT2D eigenvalue weighted by Gasteiger charge is 2.21. The van der Waals surface area contributed by atoms with Crippen LogP contribution >= 0.6 is 0 Å². The van der Waals surface area contributed by atoms with Gasteiger partial charge in [0.05, 0.1) is 5.56 Å². The Bertz CT molecular complexity index is 470. The predicted molar refractivity (Wildman–Crippen MR) is 84.5 cm³/mol. The van der Waals surface area contributed by atoms with E-state index in [1.165, 1.54) is 32.1 Å². The molecule has 1 fully saturated rings. The highest BCUT2D eigenvalue weighted by molar-refractivity contribution is 6.01. The first-order valence-electron chi connectivity index (χ1n) is 7.68. The van der Waals surface area contributed by atoms with E-state index >= 15 is 0 Å². The number of hydrogen-bond donors (Lipinski definition) is 2. The number of rotatable bonds is 4. The second-order valence-corrected chi connectivity index (χ2v) is 5.81. The molecule has 3 N–H and O–H groups in total. The summed E-state index contributed by atoms with van der Waals surface area (Å²) < 4.78 is 0. The second-order valence-electron chi connectivity index (χ2n) is 5.81. The molecule has 2 heterocycles. The number of anilines is 1. The minimum absolute atomic E-state index is 0.125. The van der Waals surface area contributed by atoms with Gasteiger partial charge in [0, 0.05) is 19.3 Å². The van der Waals surface area contributed by atoms with Crippen molar-refractivity contribution in [3.63, 3.8) is 0 Å². The number of pyridine rings is 1. The van der Waals surface area contributed by atoms with Gasteiger partial charge < -0.3 is 10.6 Å². The molecule has 4 heteroatoms. The summed E-state index contributed by atoms with van der Waals surface area (Å²) in [5.74, 6) is 1.87. The van der Waals surface area contributed by atoms with Crippen LogP contribution in [-0.4, -0.2) is 23.9 Å². The van der Waals surface area contributed by atoms with Crippen molar-refractivity contribution < 1.29 is 0 Å². The molecule has 2 rings (SSSR count). The van der Waals surface area contributed by atoms with E-state index in [0.717, 1.165) is 36.0 Å². The Hall–Kier alpha value is -1.58. The third-order valence-electron chi connectivity index (χ3n) is 4.25. The van der Waals surface area contributed by atoms with E-state index in [9.17, 15) is 0 Å². The second kappa shape index (κ2) is 6.73. The lowest BCUT2D eigenvalue weighted by Crippen LogP contribution is -2.29. The lowest BCUT2D eigenvalue weighted by molar-refractivity contribution is 0.435. The van der Waals surface area contributed by atoms with Crippen LogP contribution in [0.15, 0.2) is 12.3 Å². The Morgan fingerprint density at radius 2 is 2.25 bits per heavy atom. The van der Waals surface area contributed by atoms with E-state index in [2.05, 4.69) is 16.8 Å². The molecule has 0 aliphatic carbocycles. The molecule has 0 radical (unpaired) electrons. The maximum atomic E-state index is 7.81. The molecule has 0 spiro atoms. The largest absolute Gasteiger partial charge is 0.384 e. The molecule has 1 atom stereocenters. The molecular weight excluding hydrogens is 248 g/mol. The quantitative estimate of drug-likeness (QED) is 0.655. The topological polar surface area (TPSA) is 66.0 Å². The Morgan fingerprint density at radius 3 is 2.95 bits per heavy atom. The molecule has 4 nitrogen and oxygen atoms in total. The molecule has 0 saturated carbocycles. The first-order valence-corrected chi connectivity index (χ1v) is 7.68. The van der Waals surface area contributed by atoms with E-state index in [1.807, 2.05) is 19.2 Å². The van der Waals surface area contributed by atoms with Gasteiger partial charge in [-0.05, 0) is 43.7 Å². The van der Waals surface area contributed by atoms with Gasteiger partial charge in [-0.1, -0.05) is 19.8 Å². The number of amidine groups is 1. The van der Waals surface area contributed by atoms with Crippen LogP contribution in [0, 0.1) is 18.3 Å². The van der Waals surface area contributed by atoms with Crippen LogP contribution in [-0.2, 0) is 0 Å². The lowest BCUT2D eigenvalue weighted by atomic mass is 9.96. The number of nitrogens with two attached hydrogens (primary N) is 1. The van der Waals surface area contributed by atoms with Gasteiger partial charge in [-0.2, -0.15) is 0 Å². The summed E-state index contributed by atoms with van der Waals surface area (Å²) in [5.41, 5.74) is 7.60. The molecule has 1 saturated heterocycles. The van der Waals surface area contributed by atoms with E-state index in [0.29, 0.717) is 0 Å². The van der Waals surface area contributed by atoms with Crippen molar-refractivity contribution in [2.75, 3.05) is 18.0 Å². The predicted octanol–water partition coefficient (Wildman–Crippen LogP) is 3.08. The maximum Gasteiger partial charge on any atom is 0.139 e. The standard InChI is InChI=1S/C16H26N4/c1-3-5-13-6-4-10-20(11-8-13)16-14(15(17)18)12(2)7-9-19-16/h7,9,13H,3-6,8,10-11H2,1-2H3,(H3,17,18). The Kier molecular flexibility index (Phi) is 4.99. The molecule has 0 aromatic carbocycles. The molecule has 1 aromatic heterocycles.